The second-order valence-corrected chi connectivity index (χ2v) is 7.97. The van der Waals surface area contributed by atoms with Crippen molar-refractivity contribution in [1.82, 2.24) is 9.78 Å². The van der Waals surface area contributed by atoms with E-state index >= 15 is 0 Å². The van der Waals surface area contributed by atoms with Crippen molar-refractivity contribution in [2.24, 2.45) is 18.4 Å². The van der Waals surface area contributed by atoms with Crippen molar-refractivity contribution in [1.29, 1.82) is 0 Å². The minimum absolute atomic E-state index is 0.0186. The van der Waals surface area contributed by atoms with Crippen molar-refractivity contribution >= 4 is 11.6 Å². The van der Waals surface area contributed by atoms with E-state index in [9.17, 15) is 9.18 Å². The van der Waals surface area contributed by atoms with Crippen LogP contribution in [0.15, 0.2) is 24.4 Å². The number of carbonyl (C=O) groups excluding carboxylic acids is 1. The number of aromatic nitrogens is 2. The van der Waals surface area contributed by atoms with Gasteiger partial charge in [-0.05, 0) is 53.2 Å². The Bertz CT molecular complexity index is 857. The Morgan fingerprint density at radius 2 is 2.08 bits per heavy atom. The smallest absolute Gasteiger partial charge is 0.261 e. The van der Waals surface area contributed by atoms with Crippen molar-refractivity contribution in [2.75, 3.05) is 5.32 Å². The summed E-state index contributed by atoms with van der Waals surface area (Å²) in [5.41, 5.74) is 3.65. The number of rotatable bonds is 3. The number of aryl methyl sites for hydroxylation is 1. The van der Waals surface area contributed by atoms with Gasteiger partial charge < -0.3 is 5.32 Å². The number of anilines is 1. The van der Waals surface area contributed by atoms with Crippen LogP contribution in [0.5, 0.6) is 0 Å². The summed E-state index contributed by atoms with van der Waals surface area (Å²) >= 11 is 0. The zero-order valence-corrected chi connectivity index (χ0v) is 15.1. The van der Waals surface area contributed by atoms with Crippen LogP contribution in [-0.2, 0) is 7.05 Å². The van der Waals surface area contributed by atoms with E-state index in [0.717, 1.165) is 12.1 Å². The summed E-state index contributed by atoms with van der Waals surface area (Å²) < 4.78 is 15.1. The molecule has 5 heteroatoms. The molecule has 1 aromatic heterocycles. The topological polar surface area (TPSA) is 46.9 Å². The first-order chi connectivity index (χ1) is 11.8. The molecule has 1 fully saturated rings. The fourth-order valence-corrected chi connectivity index (χ4v) is 5.14. The van der Waals surface area contributed by atoms with Crippen LogP contribution in [0.2, 0.25) is 0 Å². The first-order valence-corrected chi connectivity index (χ1v) is 8.97. The Hall–Kier alpha value is -2.17. The molecule has 132 valence electrons. The maximum absolute atomic E-state index is 13.8. The average Bonchev–Trinajstić information content (AvgIpc) is 3.16. The molecule has 2 aliphatic carbocycles. The summed E-state index contributed by atoms with van der Waals surface area (Å²) in [6.07, 6.45) is 3.78. The van der Waals surface area contributed by atoms with Crippen LogP contribution >= 0.6 is 0 Å². The highest BCUT2D eigenvalue weighted by atomic mass is 19.1. The summed E-state index contributed by atoms with van der Waals surface area (Å²) in [5, 5.41) is 6.56. The molecule has 25 heavy (non-hydrogen) atoms. The average molecular weight is 341 g/mol. The predicted octanol–water partition coefficient (Wildman–Crippen LogP) is 4.45. The highest BCUT2D eigenvalue weighted by molar-refractivity contribution is 6.04. The molecule has 4 nitrogen and oxygen atoms in total. The maximum atomic E-state index is 13.8. The van der Waals surface area contributed by atoms with Gasteiger partial charge in [0.25, 0.3) is 5.91 Å². The quantitative estimate of drug-likeness (QED) is 0.896. The van der Waals surface area contributed by atoms with Crippen LogP contribution in [0.3, 0.4) is 0 Å². The molecule has 0 saturated heterocycles. The van der Waals surface area contributed by atoms with Gasteiger partial charge in [-0.3, -0.25) is 9.48 Å². The molecule has 2 aromatic rings. The molecule has 3 unspecified atom stereocenters. The molecule has 2 bridgehead atoms. The number of benzene rings is 1. The van der Waals surface area contributed by atoms with Crippen LogP contribution in [0.1, 0.15) is 66.9 Å². The first-order valence-electron chi connectivity index (χ1n) is 8.97. The SMILES string of the molecule is CC(C)C1(C)C2CCC1c1c(NC(=O)c3cn(C)nc3F)cccc12. The zero-order valence-electron chi connectivity index (χ0n) is 15.1. The number of carbonyl (C=O) groups is 1. The Labute approximate surface area is 147 Å². The van der Waals surface area contributed by atoms with Gasteiger partial charge in [-0.2, -0.15) is 4.39 Å². The molecule has 1 aromatic carbocycles. The van der Waals surface area contributed by atoms with E-state index in [2.05, 4.69) is 37.3 Å². The van der Waals surface area contributed by atoms with E-state index in [-0.39, 0.29) is 11.0 Å². The number of amides is 1. The van der Waals surface area contributed by atoms with Gasteiger partial charge in [0.05, 0.1) is 0 Å². The number of nitrogens with one attached hydrogen (secondary N) is 1. The van der Waals surface area contributed by atoms with Gasteiger partial charge >= 0.3 is 0 Å². The van der Waals surface area contributed by atoms with Gasteiger partial charge in [0.2, 0.25) is 5.95 Å². The summed E-state index contributed by atoms with van der Waals surface area (Å²) in [6, 6.07) is 6.13. The molecule has 1 saturated carbocycles. The molecule has 0 aliphatic heterocycles. The molecule has 1 heterocycles. The Morgan fingerprint density at radius 1 is 1.36 bits per heavy atom. The highest BCUT2D eigenvalue weighted by Crippen LogP contribution is 2.68. The fourth-order valence-electron chi connectivity index (χ4n) is 5.14. The molecule has 4 rings (SSSR count). The largest absolute Gasteiger partial charge is 0.322 e. The predicted molar refractivity (Wildman–Crippen MR) is 95.2 cm³/mol. The number of hydrogen-bond acceptors (Lipinski definition) is 2. The highest BCUT2D eigenvalue weighted by Gasteiger charge is 2.56. The minimum Gasteiger partial charge on any atom is -0.322 e. The number of fused-ring (bicyclic) bond motifs is 5. The molecular weight excluding hydrogens is 317 g/mol. The zero-order chi connectivity index (χ0) is 17.9. The van der Waals surface area contributed by atoms with Gasteiger partial charge in [-0.25, -0.2) is 0 Å². The third kappa shape index (κ3) is 2.17. The molecule has 0 spiro atoms. The molecular formula is C20H24FN3O. The second kappa shape index (κ2) is 5.41. The van der Waals surface area contributed by atoms with E-state index in [1.165, 1.54) is 28.4 Å². The lowest BCUT2D eigenvalue weighted by Crippen LogP contribution is -2.26. The molecule has 1 amide bonds. The third-order valence-corrected chi connectivity index (χ3v) is 6.63. The number of hydrogen-bond donors (Lipinski definition) is 1. The molecule has 2 aliphatic rings. The molecule has 3 atom stereocenters. The Balaban J connectivity index is 1.72. The van der Waals surface area contributed by atoms with Gasteiger partial charge in [-0.15, -0.1) is 5.10 Å². The lowest BCUT2D eigenvalue weighted by atomic mass is 9.69. The van der Waals surface area contributed by atoms with Crippen molar-refractivity contribution < 1.29 is 9.18 Å². The van der Waals surface area contributed by atoms with Crippen LogP contribution < -0.4 is 5.32 Å². The van der Waals surface area contributed by atoms with E-state index in [1.807, 2.05) is 12.1 Å². The van der Waals surface area contributed by atoms with Crippen LogP contribution in [0.4, 0.5) is 10.1 Å². The lowest BCUT2D eigenvalue weighted by Gasteiger charge is -2.35. The van der Waals surface area contributed by atoms with E-state index in [4.69, 9.17) is 0 Å². The second-order valence-electron chi connectivity index (χ2n) is 7.97. The van der Waals surface area contributed by atoms with Crippen LogP contribution in [-0.4, -0.2) is 15.7 Å². The summed E-state index contributed by atoms with van der Waals surface area (Å²) in [7, 11) is 1.60. The number of halogens is 1. The fraction of sp³-hybridized carbons (Fsp3) is 0.500. The van der Waals surface area contributed by atoms with Gasteiger partial charge in [0.1, 0.15) is 5.56 Å². The van der Waals surface area contributed by atoms with Crippen molar-refractivity contribution in [3.63, 3.8) is 0 Å². The van der Waals surface area contributed by atoms with Crippen molar-refractivity contribution in [3.05, 3.63) is 47.0 Å². The Morgan fingerprint density at radius 3 is 2.72 bits per heavy atom. The third-order valence-electron chi connectivity index (χ3n) is 6.63. The standard InChI is InChI=1S/C20H24FN3O/c1-11(2)20(3)14-8-9-15(20)17-12(14)6-5-7-16(17)22-19(25)13-10-24(4)23-18(13)21/h5-7,10-11,14-15H,8-9H2,1-4H3,(H,22,25). The van der Waals surface area contributed by atoms with Crippen molar-refractivity contribution in [2.45, 2.75) is 45.4 Å². The van der Waals surface area contributed by atoms with E-state index < -0.39 is 11.9 Å². The first kappa shape index (κ1) is 16.3. The van der Waals surface area contributed by atoms with Crippen LogP contribution in [0, 0.1) is 17.3 Å². The molecule has 0 radical (unpaired) electrons. The summed E-state index contributed by atoms with van der Waals surface area (Å²) in [6.45, 7) is 6.97. The summed E-state index contributed by atoms with van der Waals surface area (Å²) in [4.78, 5) is 12.5. The Kier molecular flexibility index (Phi) is 3.53. The van der Waals surface area contributed by atoms with Gasteiger partial charge in [0, 0.05) is 18.9 Å². The monoisotopic (exact) mass is 341 g/mol. The van der Waals surface area contributed by atoms with Gasteiger partial charge in [-0.1, -0.05) is 32.9 Å². The lowest BCUT2D eigenvalue weighted by molar-refractivity contribution is 0.102. The van der Waals surface area contributed by atoms with E-state index in [1.54, 1.807) is 7.05 Å². The van der Waals surface area contributed by atoms with Gasteiger partial charge in [0.15, 0.2) is 0 Å². The maximum Gasteiger partial charge on any atom is 0.261 e. The summed E-state index contributed by atoms with van der Waals surface area (Å²) in [5.74, 6) is 0.382. The molecule has 1 N–H and O–H groups in total. The normalized spacial score (nSPS) is 27.0. The minimum atomic E-state index is -0.735. The van der Waals surface area contributed by atoms with Crippen LogP contribution in [0.25, 0.3) is 0 Å². The number of nitrogens with zero attached hydrogens (tertiary/aromatic N) is 2. The van der Waals surface area contributed by atoms with Crippen molar-refractivity contribution in [3.8, 4) is 0 Å². The van der Waals surface area contributed by atoms with E-state index in [0.29, 0.717) is 17.8 Å².